The standard InChI is InChI=1S/C20H28FN5O3S2/c1-5-25(17-10-11-31(28,29)13-17)18(27)12-30-20-23-22-19(14(2)24(3)4)26(20)16-8-6-15(21)7-9-16/h6-9,14,17H,5,10-13H2,1-4H3/p+1/t14-,17+/m0/s1. The predicted octanol–water partition coefficient (Wildman–Crippen LogP) is 0.740. The lowest BCUT2D eigenvalue weighted by Crippen LogP contribution is -3.05. The molecule has 31 heavy (non-hydrogen) atoms. The Balaban J connectivity index is 1.82. The molecular weight excluding hydrogens is 441 g/mol. The zero-order valence-corrected chi connectivity index (χ0v) is 19.8. The molecule has 0 saturated carbocycles. The summed E-state index contributed by atoms with van der Waals surface area (Å²) < 4.78 is 38.9. The minimum absolute atomic E-state index is 0.0241. The number of thioether (sulfide) groups is 1. The highest BCUT2D eigenvalue weighted by Gasteiger charge is 2.34. The second kappa shape index (κ2) is 9.66. The van der Waals surface area contributed by atoms with Gasteiger partial charge in [-0.25, -0.2) is 12.8 Å². The number of carbonyl (C=O) groups excluding carboxylic acids is 1. The molecule has 2 aromatic rings. The number of nitrogens with zero attached hydrogens (tertiary/aromatic N) is 4. The van der Waals surface area contributed by atoms with Crippen molar-refractivity contribution in [3.63, 3.8) is 0 Å². The first-order chi connectivity index (χ1) is 14.6. The molecule has 2 atom stereocenters. The van der Waals surface area contributed by atoms with Crippen LogP contribution in [-0.2, 0) is 14.6 Å². The van der Waals surface area contributed by atoms with Gasteiger partial charge in [0.15, 0.2) is 20.8 Å². The molecular formula is C20H29FN5O3S2+. The molecule has 1 aromatic carbocycles. The summed E-state index contributed by atoms with van der Waals surface area (Å²) in [4.78, 5) is 15.7. The molecule has 170 valence electrons. The first kappa shape index (κ1) is 23.7. The number of benzene rings is 1. The number of amides is 1. The van der Waals surface area contributed by atoms with E-state index in [2.05, 4.69) is 10.2 Å². The van der Waals surface area contributed by atoms with E-state index in [9.17, 15) is 17.6 Å². The van der Waals surface area contributed by atoms with Crippen molar-refractivity contribution in [3.8, 4) is 5.69 Å². The molecule has 1 fully saturated rings. The lowest BCUT2D eigenvalue weighted by atomic mass is 10.2. The van der Waals surface area contributed by atoms with Crippen molar-refractivity contribution in [1.29, 1.82) is 0 Å². The van der Waals surface area contributed by atoms with Crippen molar-refractivity contribution in [3.05, 3.63) is 35.9 Å². The van der Waals surface area contributed by atoms with Crippen LogP contribution in [0.25, 0.3) is 5.69 Å². The summed E-state index contributed by atoms with van der Waals surface area (Å²) in [5, 5.41) is 9.19. The molecule has 0 unspecified atom stereocenters. The molecule has 1 aliphatic heterocycles. The van der Waals surface area contributed by atoms with Gasteiger partial charge < -0.3 is 9.80 Å². The Kier molecular flexibility index (Phi) is 7.38. The van der Waals surface area contributed by atoms with Gasteiger partial charge in [-0.05, 0) is 44.5 Å². The molecule has 11 heteroatoms. The monoisotopic (exact) mass is 470 g/mol. The third kappa shape index (κ3) is 5.45. The molecule has 1 saturated heterocycles. The predicted molar refractivity (Wildman–Crippen MR) is 118 cm³/mol. The van der Waals surface area contributed by atoms with Crippen LogP contribution in [0.1, 0.15) is 32.1 Å². The lowest BCUT2D eigenvalue weighted by Gasteiger charge is -2.26. The van der Waals surface area contributed by atoms with Crippen LogP contribution in [0.5, 0.6) is 0 Å². The van der Waals surface area contributed by atoms with Crippen LogP contribution in [0.2, 0.25) is 0 Å². The molecule has 0 spiro atoms. The number of carbonyl (C=O) groups is 1. The van der Waals surface area contributed by atoms with Crippen LogP contribution in [0, 0.1) is 5.82 Å². The Hall–Kier alpha value is -1.98. The smallest absolute Gasteiger partial charge is 0.233 e. The second-order valence-electron chi connectivity index (χ2n) is 7.98. The van der Waals surface area contributed by atoms with E-state index in [0.29, 0.717) is 18.1 Å². The van der Waals surface area contributed by atoms with E-state index in [1.807, 2.05) is 32.5 Å². The highest BCUT2D eigenvalue weighted by molar-refractivity contribution is 7.99. The van der Waals surface area contributed by atoms with E-state index in [-0.39, 0.29) is 41.1 Å². The van der Waals surface area contributed by atoms with E-state index in [4.69, 9.17) is 0 Å². The van der Waals surface area contributed by atoms with Gasteiger partial charge in [0, 0.05) is 18.3 Å². The van der Waals surface area contributed by atoms with E-state index in [1.54, 1.807) is 17.0 Å². The van der Waals surface area contributed by atoms with Gasteiger partial charge in [-0.15, -0.1) is 10.2 Å². The zero-order valence-electron chi connectivity index (χ0n) is 18.2. The summed E-state index contributed by atoms with van der Waals surface area (Å²) in [5.74, 6) is 0.524. The summed E-state index contributed by atoms with van der Waals surface area (Å²) in [6, 6.07) is 5.83. The van der Waals surface area contributed by atoms with E-state index >= 15 is 0 Å². The van der Waals surface area contributed by atoms with Gasteiger partial charge in [0.25, 0.3) is 0 Å². The first-order valence-corrected chi connectivity index (χ1v) is 13.1. The summed E-state index contributed by atoms with van der Waals surface area (Å²) in [6.07, 6.45) is 0.478. The normalized spacial score (nSPS) is 19.0. The maximum atomic E-state index is 13.5. The number of aromatic nitrogens is 3. The van der Waals surface area contributed by atoms with Crippen molar-refractivity contribution >= 4 is 27.5 Å². The van der Waals surface area contributed by atoms with Gasteiger partial charge in [-0.2, -0.15) is 0 Å². The minimum atomic E-state index is -3.07. The molecule has 1 amide bonds. The summed E-state index contributed by atoms with van der Waals surface area (Å²) in [6.45, 7) is 4.34. The Morgan fingerprint density at radius 3 is 2.55 bits per heavy atom. The third-order valence-electron chi connectivity index (χ3n) is 5.63. The highest BCUT2D eigenvalue weighted by Crippen LogP contribution is 2.26. The summed E-state index contributed by atoms with van der Waals surface area (Å²) >= 11 is 1.25. The SMILES string of the molecule is CCN(C(=O)CSc1nnc([C@H](C)[NH+](C)C)n1-c1ccc(F)cc1)[C@@H]1CCS(=O)(=O)C1. The van der Waals surface area contributed by atoms with Gasteiger partial charge in [-0.1, -0.05) is 11.8 Å². The van der Waals surface area contributed by atoms with Crippen molar-refractivity contribution < 1.29 is 22.5 Å². The fourth-order valence-corrected chi connectivity index (χ4v) is 6.19. The maximum absolute atomic E-state index is 13.5. The van der Waals surface area contributed by atoms with Gasteiger partial charge in [0.2, 0.25) is 5.91 Å². The molecule has 1 N–H and O–H groups in total. The first-order valence-electron chi connectivity index (χ1n) is 10.3. The van der Waals surface area contributed by atoms with Crippen molar-refractivity contribution in [2.45, 2.75) is 37.5 Å². The topological polar surface area (TPSA) is 89.6 Å². The van der Waals surface area contributed by atoms with Crippen LogP contribution in [0.15, 0.2) is 29.4 Å². The van der Waals surface area contributed by atoms with Gasteiger partial charge in [-0.3, -0.25) is 9.36 Å². The Labute approximate surface area is 186 Å². The van der Waals surface area contributed by atoms with Gasteiger partial charge in [0.05, 0.1) is 31.4 Å². The Morgan fingerprint density at radius 2 is 2.00 bits per heavy atom. The Morgan fingerprint density at radius 1 is 1.32 bits per heavy atom. The van der Waals surface area contributed by atoms with Crippen LogP contribution < -0.4 is 4.90 Å². The lowest BCUT2D eigenvalue weighted by molar-refractivity contribution is -0.890. The van der Waals surface area contributed by atoms with Crippen LogP contribution in [0.4, 0.5) is 4.39 Å². The molecule has 0 aliphatic carbocycles. The molecule has 3 rings (SSSR count). The molecule has 2 heterocycles. The average molecular weight is 471 g/mol. The second-order valence-corrected chi connectivity index (χ2v) is 11.1. The summed E-state index contributed by atoms with van der Waals surface area (Å²) in [7, 11) is 0.955. The Bertz CT molecular complexity index is 1020. The van der Waals surface area contributed by atoms with E-state index in [1.165, 1.54) is 23.9 Å². The highest BCUT2D eigenvalue weighted by atomic mass is 32.2. The number of sulfone groups is 1. The quantitative estimate of drug-likeness (QED) is 0.573. The number of nitrogens with one attached hydrogen (secondary N) is 1. The number of halogens is 1. The maximum Gasteiger partial charge on any atom is 0.233 e. The van der Waals surface area contributed by atoms with Crippen molar-refractivity contribution in [1.82, 2.24) is 19.7 Å². The van der Waals surface area contributed by atoms with Crippen molar-refractivity contribution in [2.75, 3.05) is 37.9 Å². The van der Waals surface area contributed by atoms with Crippen molar-refractivity contribution in [2.24, 2.45) is 0 Å². The fraction of sp³-hybridized carbons (Fsp3) is 0.550. The third-order valence-corrected chi connectivity index (χ3v) is 8.30. The van der Waals surface area contributed by atoms with E-state index in [0.717, 1.165) is 16.4 Å². The number of hydrogen-bond acceptors (Lipinski definition) is 6. The molecule has 8 nitrogen and oxygen atoms in total. The number of quaternary nitrogens is 1. The van der Waals surface area contributed by atoms with Gasteiger partial charge >= 0.3 is 0 Å². The van der Waals surface area contributed by atoms with Gasteiger partial charge in [0.1, 0.15) is 11.9 Å². The fourth-order valence-electron chi connectivity index (χ4n) is 3.61. The average Bonchev–Trinajstić information content (AvgIpc) is 3.30. The molecule has 1 aliphatic rings. The largest absolute Gasteiger partial charge is 0.338 e. The summed E-state index contributed by atoms with van der Waals surface area (Å²) in [5.41, 5.74) is 0.721. The molecule has 1 aromatic heterocycles. The van der Waals surface area contributed by atoms with Crippen LogP contribution >= 0.6 is 11.8 Å². The minimum Gasteiger partial charge on any atom is -0.338 e. The molecule has 0 radical (unpaired) electrons. The van der Waals surface area contributed by atoms with Crippen LogP contribution in [-0.4, -0.2) is 77.9 Å². The number of rotatable bonds is 8. The molecule has 0 bridgehead atoms. The zero-order chi connectivity index (χ0) is 22.8. The van der Waals surface area contributed by atoms with Crippen LogP contribution in [0.3, 0.4) is 0 Å². The van der Waals surface area contributed by atoms with E-state index < -0.39 is 9.84 Å². The number of hydrogen-bond donors (Lipinski definition) is 1.